The van der Waals surface area contributed by atoms with Gasteiger partial charge in [-0.25, -0.2) is 5.84 Å². The molecule has 0 saturated carbocycles. The number of hydrogen-bond donors (Lipinski definition) is 2. The molecule has 1 aromatic carbocycles. The minimum absolute atomic E-state index is 0.0497. The van der Waals surface area contributed by atoms with Crippen molar-refractivity contribution in [3.05, 3.63) is 58.5 Å². The normalized spacial score (nSPS) is 9.94. The van der Waals surface area contributed by atoms with Crippen molar-refractivity contribution in [2.24, 2.45) is 5.84 Å². The number of nitrogens with zero attached hydrogens (tertiary/aromatic N) is 2. The lowest BCUT2D eigenvalue weighted by Crippen LogP contribution is -2.36. The van der Waals surface area contributed by atoms with E-state index in [0.717, 1.165) is 4.68 Å². The van der Waals surface area contributed by atoms with Crippen molar-refractivity contribution in [2.75, 3.05) is 0 Å². The third-order valence-electron chi connectivity index (χ3n) is 2.22. The number of hydrogen-bond acceptors (Lipinski definition) is 4. The standard InChI is InChI=1S/C11H10N4O2/c12-14-10(16)9-6-7-13-15(11(9)17)8-4-2-1-3-5-8/h1-7H,12H2,(H,14,16). The van der Waals surface area contributed by atoms with Gasteiger partial charge in [0.2, 0.25) is 0 Å². The lowest BCUT2D eigenvalue weighted by atomic mass is 10.2. The number of amides is 1. The number of nitrogens with one attached hydrogen (secondary N) is 1. The Labute approximate surface area is 96.7 Å². The fourth-order valence-electron chi connectivity index (χ4n) is 1.42. The molecule has 0 aliphatic rings. The average Bonchev–Trinajstić information content (AvgIpc) is 2.39. The van der Waals surface area contributed by atoms with Crippen molar-refractivity contribution < 1.29 is 4.79 Å². The topological polar surface area (TPSA) is 90.0 Å². The molecule has 0 aliphatic carbocycles. The van der Waals surface area contributed by atoms with Gasteiger partial charge in [0.25, 0.3) is 11.5 Å². The Balaban J connectivity index is 2.58. The van der Waals surface area contributed by atoms with Gasteiger partial charge in [-0.3, -0.25) is 15.0 Å². The maximum Gasteiger partial charge on any atom is 0.284 e. The zero-order valence-electron chi connectivity index (χ0n) is 8.83. The first-order chi connectivity index (χ1) is 8.24. The highest BCUT2D eigenvalue weighted by Crippen LogP contribution is 2.02. The van der Waals surface area contributed by atoms with Gasteiger partial charge >= 0.3 is 0 Å². The molecule has 6 nitrogen and oxygen atoms in total. The molecular weight excluding hydrogens is 220 g/mol. The third-order valence-corrected chi connectivity index (χ3v) is 2.22. The van der Waals surface area contributed by atoms with Crippen LogP contribution in [-0.2, 0) is 0 Å². The Morgan fingerprint density at radius 1 is 1.24 bits per heavy atom. The van der Waals surface area contributed by atoms with Gasteiger partial charge in [-0.1, -0.05) is 18.2 Å². The summed E-state index contributed by atoms with van der Waals surface area (Å²) in [6.45, 7) is 0. The van der Waals surface area contributed by atoms with Crippen LogP contribution in [0.25, 0.3) is 5.69 Å². The summed E-state index contributed by atoms with van der Waals surface area (Å²) < 4.78 is 1.14. The van der Waals surface area contributed by atoms with Gasteiger partial charge in [0.05, 0.1) is 5.69 Å². The minimum atomic E-state index is -0.637. The third kappa shape index (κ3) is 2.06. The van der Waals surface area contributed by atoms with Gasteiger partial charge in [0.15, 0.2) is 0 Å². The van der Waals surface area contributed by atoms with E-state index in [2.05, 4.69) is 5.10 Å². The van der Waals surface area contributed by atoms with E-state index in [1.54, 1.807) is 24.3 Å². The van der Waals surface area contributed by atoms with Crippen LogP contribution in [0, 0.1) is 0 Å². The molecule has 17 heavy (non-hydrogen) atoms. The van der Waals surface area contributed by atoms with E-state index < -0.39 is 11.5 Å². The molecule has 0 unspecified atom stereocenters. The van der Waals surface area contributed by atoms with Gasteiger partial charge in [-0.05, 0) is 18.2 Å². The monoisotopic (exact) mass is 230 g/mol. The number of benzene rings is 1. The summed E-state index contributed by atoms with van der Waals surface area (Å²) in [6, 6.07) is 10.1. The second-order valence-corrected chi connectivity index (χ2v) is 3.27. The SMILES string of the molecule is NNC(=O)c1ccnn(-c2ccccc2)c1=O. The molecule has 86 valence electrons. The van der Waals surface area contributed by atoms with Gasteiger partial charge in [0.1, 0.15) is 5.56 Å². The Morgan fingerprint density at radius 2 is 1.94 bits per heavy atom. The van der Waals surface area contributed by atoms with Crippen molar-refractivity contribution in [1.29, 1.82) is 0 Å². The van der Waals surface area contributed by atoms with Crippen molar-refractivity contribution in [2.45, 2.75) is 0 Å². The number of hydrazine groups is 1. The second kappa shape index (κ2) is 4.58. The van der Waals surface area contributed by atoms with Crippen LogP contribution in [0.4, 0.5) is 0 Å². The molecule has 6 heteroatoms. The van der Waals surface area contributed by atoms with Crippen LogP contribution < -0.4 is 16.8 Å². The quantitative estimate of drug-likeness (QED) is 0.426. The summed E-state index contributed by atoms with van der Waals surface area (Å²) in [5, 5.41) is 3.91. The lowest BCUT2D eigenvalue weighted by Gasteiger charge is -2.05. The molecule has 1 amide bonds. The summed E-state index contributed by atoms with van der Waals surface area (Å²) in [5.41, 5.74) is 1.95. The number of carbonyl (C=O) groups excluding carboxylic acids is 1. The molecule has 0 aliphatic heterocycles. The van der Waals surface area contributed by atoms with E-state index in [9.17, 15) is 9.59 Å². The Kier molecular flexibility index (Phi) is 2.97. The number of carbonyl (C=O) groups is 1. The number of aromatic nitrogens is 2. The fourth-order valence-corrected chi connectivity index (χ4v) is 1.42. The average molecular weight is 230 g/mol. The first-order valence-electron chi connectivity index (χ1n) is 4.89. The number of rotatable bonds is 2. The van der Waals surface area contributed by atoms with Crippen LogP contribution in [0.1, 0.15) is 10.4 Å². The number of nitrogen functional groups attached to an aromatic ring is 1. The molecule has 3 N–H and O–H groups in total. The second-order valence-electron chi connectivity index (χ2n) is 3.27. The lowest BCUT2D eigenvalue weighted by molar-refractivity contribution is 0.0951. The highest BCUT2D eigenvalue weighted by molar-refractivity contribution is 5.93. The summed E-state index contributed by atoms with van der Waals surface area (Å²) in [7, 11) is 0. The van der Waals surface area contributed by atoms with E-state index in [1.165, 1.54) is 12.3 Å². The molecule has 2 aromatic rings. The molecule has 0 saturated heterocycles. The van der Waals surface area contributed by atoms with Crippen molar-refractivity contribution in [3.8, 4) is 5.69 Å². The molecule has 0 atom stereocenters. The largest absolute Gasteiger partial charge is 0.290 e. The fraction of sp³-hybridized carbons (Fsp3) is 0. The van der Waals surface area contributed by atoms with E-state index in [0.29, 0.717) is 5.69 Å². The van der Waals surface area contributed by atoms with Crippen LogP contribution in [0.3, 0.4) is 0 Å². The Bertz CT molecular complexity index is 592. The highest BCUT2D eigenvalue weighted by Gasteiger charge is 2.11. The molecule has 0 spiro atoms. The van der Waals surface area contributed by atoms with E-state index in [1.807, 2.05) is 11.5 Å². The van der Waals surface area contributed by atoms with Crippen molar-refractivity contribution in [1.82, 2.24) is 15.2 Å². The van der Waals surface area contributed by atoms with E-state index >= 15 is 0 Å². The highest BCUT2D eigenvalue weighted by atomic mass is 16.2. The molecule has 1 heterocycles. The van der Waals surface area contributed by atoms with Crippen LogP contribution in [0.5, 0.6) is 0 Å². The van der Waals surface area contributed by atoms with Gasteiger partial charge in [0, 0.05) is 6.20 Å². The predicted octanol–water partition coefficient (Wildman–Crippen LogP) is -0.164. The van der Waals surface area contributed by atoms with Crippen molar-refractivity contribution >= 4 is 5.91 Å². The summed E-state index contributed by atoms with van der Waals surface area (Å²) in [5.74, 6) is 4.36. The minimum Gasteiger partial charge on any atom is -0.290 e. The van der Waals surface area contributed by atoms with Gasteiger partial charge in [-0.2, -0.15) is 9.78 Å². The van der Waals surface area contributed by atoms with Gasteiger partial charge in [-0.15, -0.1) is 0 Å². The van der Waals surface area contributed by atoms with Crippen molar-refractivity contribution in [3.63, 3.8) is 0 Å². The Morgan fingerprint density at radius 3 is 2.59 bits per heavy atom. The van der Waals surface area contributed by atoms with Gasteiger partial charge < -0.3 is 0 Å². The van der Waals surface area contributed by atoms with E-state index in [-0.39, 0.29) is 5.56 Å². The first-order valence-corrected chi connectivity index (χ1v) is 4.89. The summed E-state index contributed by atoms with van der Waals surface area (Å²) >= 11 is 0. The predicted molar refractivity (Wildman–Crippen MR) is 61.5 cm³/mol. The maximum atomic E-state index is 12.0. The first kappa shape index (κ1) is 11.0. The zero-order chi connectivity index (χ0) is 12.3. The van der Waals surface area contributed by atoms with E-state index in [4.69, 9.17) is 5.84 Å². The molecule has 0 fully saturated rings. The maximum absolute atomic E-state index is 12.0. The molecule has 2 rings (SSSR count). The molecular formula is C11H10N4O2. The molecule has 1 aromatic heterocycles. The Hall–Kier alpha value is -2.47. The van der Waals surface area contributed by atoms with Crippen LogP contribution in [0.15, 0.2) is 47.4 Å². The summed E-state index contributed by atoms with van der Waals surface area (Å²) in [6.07, 6.45) is 1.37. The zero-order valence-corrected chi connectivity index (χ0v) is 8.83. The van der Waals surface area contributed by atoms with Crippen LogP contribution >= 0.6 is 0 Å². The smallest absolute Gasteiger partial charge is 0.284 e. The summed E-state index contributed by atoms with van der Waals surface area (Å²) in [4.78, 5) is 23.3. The van der Waals surface area contributed by atoms with Crippen LogP contribution in [-0.4, -0.2) is 15.7 Å². The molecule has 0 bridgehead atoms. The van der Waals surface area contributed by atoms with Crippen LogP contribution in [0.2, 0.25) is 0 Å². The number of nitrogens with two attached hydrogens (primary N) is 1. The molecule has 0 radical (unpaired) electrons. The number of para-hydroxylation sites is 1.